The van der Waals surface area contributed by atoms with E-state index in [1.54, 1.807) is 36.4 Å². The maximum Gasteiger partial charge on any atom is 0.326 e. The van der Waals surface area contributed by atoms with E-state index in [9.17, 15) is 34.7 Å². The Bertz CT molecular complexity index is 1090. The lowest BCUT2D eigenvalue weighted by Crippen LogP contribution is -2.52. The molecule has 2 aromatic rings. The number of aryl methyl sites for hydroxylation is 1. The van der Waals surface area contributed by atoms with E-state index < -0.39 is 35.0 Å². The molecular formula is C24H30N6O7. The number of nitrogens with one attached hydrogen (secondary N) is 3. The fourth-order valence-corrected chi connectivity index (χ4v) is 3.42. The second-order valence-corrected chi connectivity index (χ2v) is 8.17. The molecule has 0 spiro atoms. The number of nitro groups is 1. The zero-order valence-corrected chi connectivity index (χ0v) is 20.0. The molecule has 0 heterocycles. The van der Waals surface area contributed by atoms with Gasteiger partial charge in [0.05, 0.1) is 0 Å². The third kappa shape index (κ3) is 11.1. The highest BCUT2D eigenvalue weighted by Gasteiger charge is 2.26. The molecule has 0 saturated carbocycles. The summed E-state index contributed by atoms with van der Waals surface area (Å²) >= 11 is 0. The van der Waals surface area contributed by atoms with Crippen molar-refractivity contribution in [2.75, 3.05) is 6.54 Å². The minimum absolute atomic E-state index is 0.00662. The van der Waals surface area contributed by atoms with Crippen molar-refractivity contribution in [2.45, 2.75) is 44.2 Å². The van der Waals surface area contributed by atoms with E-state index in [4.69, 9.17) is 5.73 Å². The average molecular weight is 515 g/mol. The molecule has 13 nitrogen and oxygen atoms in total. The van der Waals surface area contributed by atoms with Gasteiger partial charge in [-0.15, -0.1) is 0 Å². The molecule has 37 heavy (non-hydrogen) atoms. The number of carboxylic acid groups (broad SMARTS) is 1. The summed E-state index contributed by atoms with van der Waals surface area (Å²) < 4.78 is 0. The van der Waals surface area contributed by atoms with Crippen LogP contribution in [-0.2, 0) is 27.2 Å². The average Bonchev–Trinajstić information content (AvgIpc) is 2.85. The molecule has 13 heteroatoms. The first-order valence-electron chi connectivity index (χ1n) is 11.5. The summed E-state index contributed by atoms with van der Waals surface area (Å²) in [7, 11) is 0. The smallest absolute Gasteiger partial charge is 0.326 e. The van der Waals surface area contributed by atoms with Gasteiger partial charge in [-0.25, -0.2) is 14.9 Å². The number of guanidine groups is 1. The number of carbonyl (C=O) groups excluding carboxylic acids is 2. The number of phenols is 1. The molecule has 2 aromatic carbocycles. The molecule has 7 N–H and O–H groups in total. The van der Waals surface area contributed by atoms with Crippen molar-refractivity contribution in [2.24, 2.45) is 10.8 Å². The molecule has 2 amide bonds. The molecule has 0 aliphatic carbocycles. The lowest BCUT2D eigenvalue weighted by Gasteiger charge is -2.22. The van der Waals surface area contributed by atoms with Crippen LogP contribution in [0.15, 0.2) is 59.7 Å². The van der Waals surface area contributed by atoms with Crippen molar-refractivity contribution in [1.82, 2.24) is 16.0 Å². The molecule has 0 saturated heterocycles. The first-order valence-corrected chi connectivity index (χ1v) is 11.5. The fraction of sp³-hybridized carbons (Fsp3) is 0.333. The molecule has 0 aliphatic heterocycles. The molecule has 0 unspecified atom stereocenters. The zero-order chi connectivity index (χ0) is 27.2. The standard InChI is InChI=1S/C24H30N6O7/c25-24(29-30(36)37)26-14-4-7-19(23(34)35)28-22(33)20(15-17-5-2-1-3-6-17)27-21(32)13-10-16-8-11-18(31)12-9-16/h1-3,5-6,8-9,11-12,19-20,31H,4,7,10,13-15H2,(H,27,32)(H,28,33)(H,34,35)(H3,25,26,29)/t19-,20+/m0/s1. The van der Waals surface area contributed by atoms with Gasteiger partial charge in [-0.05, 0) is 42.5 Å². The summed E-state index contributed by atoms with van der Waals surface area (Å²) in [6, 6.07) is 13.1. The van der Waals surface area contributed by atoms with Gasteiger partial charge in [0, 0.05) is 19.4 Å². The van der Waals surface area contributed by atoms with Crippen molar-refractivity contribution in [3.05, 3.63) is 75.8 Å². The first-order chi connectivity index (χ1) is 17.6. The third-order valence-corrected chi connectivity index (χ3v) is 5.29. The number of hydrogen-bond donors (Lipinski definition) is 6. The summed E-state index contributed by atoms with van der Waals surface area (Å²) in [5.74, 6) is -2.61. The van der Waals surface area contributed by atoms with Crippen molar-refractivity contribution in [1.29, 1.82) is 0 Å². The second kappa shape index (κ2) is 14.7. The van der Waals surface area contributed by atoms with Crippen molar-refractivity contribution in [3.63, 3.8) is 0 Å². The van der Waals surface area contributed by atoms with Gasteiger partial charge in [0.25, 0.3) is 5.96 Å². The second-order valence-electron chi connectivity index (χ2n) is 8.17. The summed E-state index contributed by atoms with van der Waals surface area (Å²) in [6.07, 6.45) is 0.851. The van der Waals surface area contributed by atoms with Gasteiger partial charge in [-0.3, -0.25) is 9.59 Å². The number of phenolic OH excluding ortho intramolecular Hbond substituents is 1. The summed E-state index contributed by atoms with van der Waals surface area (Å²) in [5.41, 5.74) is 6.93. The minimum atomic E-state index is -1.27. The Morgan fingerprint density at radius 1 is 1.00 bits per heavy atom. The zero-order valence-electron chi connectivity index (χ0n) is 20.0. The van der Waals surface area contributed by atoms with Crippen LogP contribution in [0.5, 0.6) is 5.75 Å². The molecule has 198 valence electrons. The molecule has 2 rings (SSSR count). The maximum atomic E-state index is 13.0. The van der Waals surface area contributed by atoms with E-state index in [0.717, 1.165) is 11.1 Å². The van der Waals surface area contributed by atoms with Crippen LogP contribution in [0.1, 0.15) is 30.4 Å². The van der Waals surface area contributed by atoms with Crippen LogP contribution in [0.3, 0.4) is 0 Å². The van der Waals surface area contributed by atoms with E-state index in [1.807, 2.05) is 6.07 Å². The van der Waals surface area contributed by atoms with Gasteiger partial charge in [-0.2, -0.15) is 0 Å². The van der Waals surface area contributed by atoms with Crippen molar-refractivity contribution >= 4 is 23.7 Å². The Labute approximate surface area is 212 Å². The predicted molar refractivity (Wildman–Crippen MR) is 134 cm³/mol. The topological polar surface area (TPSA) is 209 Å². The Morgan fingerprint density at radius 3 is 2.30 bits per heavy atom. The summed E-state index contributed by atoms with van der Waals surface area (Å²) in [6.45, 7) is 0.101. The number of benzene rings is 2. The molecular weight excluding hydrogens is 484 g/mol. The highest BCUT2D eigenvalue weighted by molar-refractivity contribution is 5.90. The van der Waals surface area contributed by atoms with Crippen LogP contribution in [0, 0.1) is 10.1 Å². The van der Waals surface area contributed by atoms with Gasteiger partial charge in [0.15, 0.2) is 5.03 Å². The Balaban J connectivity index is 1.99. The molecule has 0 aliphatic rings. The van der Waals surface area contributed by atoms with Gasteiger partial charge in [0.1, 0.15) is 22.9 Å². The highest BCUT2D eigenvalue weighted by Crippen LogP contribution is 2.11. The third-order valence-electron chi connectivity index (χ3n) is 5.29. The number of carboxylic acids is 1. The molecule has 0 aromatic heterocycles. The Morgan fingerprint density at radius 2 is 1.68 bits per heavy atom. The van der Waals surface area contributed by atoms with E-state index in [0.29, 0.717) is 6.42 Å². The number of rotatable bonds is 14. The SMILES string of the molecule is N/C(=N\[N+](=O)[O-])NCCC[C@H](NC(=O)[C@@H](Cc1ccccc1)NC(=O)CCc1ccc(O)cc1)C(=O)O. The number of aromatic hydroxyl groups is 1. The van der Waals surface area contributed by atoms with Crippen LogP contribution >= 0.6 is 0 Å². The maximum absolute atomic E-state index is 13.0. The number of carbonyl (C=O) groups is 3. The van der Waals surface area contributed by atoms with E-state index in [-0.39, 0.29) is 43.9 Å². The Kier molecular flexibility index (Phi) is 11.3. The lowest BCUT2D eigenvalue weighted by molar-refractivity contribution is -0.485. The van der Waals surface area contributed by atoms with Crippen LogP contribution < -0.4 is 21.7 Å². The normalized spacial score (nSPS) is 12.7. The van der Waals surface area contributed by atoms with Gasteiger partial charge in [0.2, 0.25) is 11.8 Å². The van der Waals surface area contributed by atoms with Crippen LogP contribution in [0.25, 0.3) is 0 Å². The number of aliphatic carboxylic acids is 1. The van der Waals surface area contributed by atoms with E-state index >= 15 is 0 Å². The number of hydrazone groups is 1. The molecule has 0 fully saturated rings. The largest absolute Gasteiger partial charge is 0.508 e. The summed E-state index contributed by atoms with van der Waals surface area (Å²) in [4.78, 5) is 47.7. The van der Waals surface area contributed by atoms with Crippen molar-refractivity contribution < 1.29 is 29.6 Å². The minimum Gasteiger partial charge on any atom is -0.508 e. The molecule has 2 atom stereocenters. The predicted octanol–water partition coefficient (Wildman–Crippen LogP) is 0.498. The number of hydrogen-bond acceptors (Lipinski definition) is 6. The molecule has 0 radical (unpaired) electrons. The van der Waals surface area contributed by atoms with Crippen LogP contribution in [-0.4, -0.2) is 57.6 Å². The monoisotopic (exact) mass is 514 g/mol. The fourth-order valence-electron chi connectivity index (χ4n) is 3.42. The summed E-state index contributed by atoms with van der Waals surface area (Å²) in [5, 5.41) is 38.8. The number of nitrogens with zero attached hydrogens (tertiary/aromatic N) is 2. The molecule has 0 bridgehead atoms. The lowest BCUT2D eigenvalue weighted by atomic mass is 10.0. The highest BCUT2D eigenvalue weighted by atomic mass is 16.7. The van der Waals surface area contributed by atoms with E-state index in [2.05, 4.69) is 21.1 Å². The van der Waals surface area contributed by atoms with E-state index in [1.165, 1.54) is 12.1 Å². The van der Waals surface area contributed by atoms with Gasteiger partial charge >= 0.3 is 5.97 Å². The van der Waals surface area contributed by atoms with Crippen molar-refractivity contribution in [3.8, 4) is 5.75 Å². The van der Waals surface area contributed by atoms with Gasteiger partial charge < -0.3 is 31.9 Å². The quantitative estimate of drug-likeness (QED) is 0.0680. The first kappa shape index (κ1) is 28.6. The van der Waals surface area contributed by atoms with Crippen LogP contribution in [0.2, 0.25) is 0 Å². The van der Waals surface area contributed by atoms with Crippen LogP contribution in [0.4, 0.5) is 0 Å². The Hall–Kier alpha value is -4.68. The van der Waals surface area contributed by atoms with Gasteiger partial charge in [-0.1, -0.05) is 42.5 Å². The number of nitrogens with two attached hydrogens (primary N) is 1. The number of amides is 2.